The molecule has 1 heterocycles. The number of amides is 1. The van der Waals surface area contributed by atoms with Crippen molar-refractivity contribution in [2.24, 2.45) is 0 Å². The number of carbonyl (C=O) groups excluding carboxylic acids is 1. The predicted octanol–water partition coefficient (Wildman–Crippen LogP) is 2.38. The fourth-order valence-corrected chi connectivity index (χ4v) is 2.29. The van der Waals surface area contributed by atoms with E-state index in [0.29, 0.717) is 6.54 Å². The standard InChI is InChI=1S/C12H14Cl2N2O2/c13-9-4-5-10(14)15-11(9)12(18)16(6-7-17)8-2-1-3-8/h4-5,8,17H,1-3,6-7H2. The van der Waals surface area contributed by atoms with Crippen molar-refractivity contribution in [1.29, 1.82) is 0 Å². The van der Waals surface area contributed by atoms with Crippen molar-refractivity contribution in [2.45, 2.75) is 25.3 Å². The van der Waals surface area contributed by atoms with Crippen molar-refractivity contribution >= 4 is 29.1 Å². The Labute approximate surface area is 116 Å². The average molecular weight is 289 g/mol. The Bertz CT molecular complexity index is 450. The van der Waals surface area contributed by atoms with Crippen molar-refractivity contribution in [3.05, 3.63) is 28.0 Å². The summed E-state index contributed by atoms with van der Waals surface area (Å²) in [6, 6.07) is 3.28. The molecule has 1 aliphatic rings. The van der Waals surface area contributed by atoms with Gasteiger partial charge in [-0.25, -0.2) is 4.98 Å². The molecule has 0 saturated heterocycles. The molecule has 1 aromatic rings. The van der Waals surface area contributed by atoms with Crippen LogP contribution in [0.25, 0.3) is 0 Å². The first-order chi connectivity index (χ1) is 8.63. The van der Waals surface area contributed by atoms with Gasteiger partial charge in [0.1, 0.15) is 10.8 Å². The molecule has 0 unspecified atom stereocenters. The van der Waals surface area contributed by atoms with Gasteiger partial charge in [-0.3, -0.25) is 4.79 Å². The summed E-state index contributed by atoms with van der Waals surface area (Å²) in [5.74, 6) is -0.263. The number of carbonyl (C=O) groups is 1. The molecule has 1 N–H and O–H groups in total. The van der Waals surface area contributed by atoms with E-state index in [1.165, 1.54) is 0 Å². The first kappa shape index (κ1) is 13.6. The maximum atomic E-state index is 12.4. The minimum absolute atomic E-state index is 0.0690. The van der Waals surface area contributed by atoms with Crippen molar-refractivity contribution in [3.63, 3.8) is 0 Å². The van der Waals surface area contributed by atoms with Crippen LogP contribution in [0.15, 0.2) is 12.1 Å². The lowest BCUT2D eigenvalue weighted by molar-refractivity contribution is 0.0520. The van der Waals surface area contributed by atoms with Crippen LogP contribution >= 0.6 is 23.2 Å². The molecule has 98 valence electrons. The second-order valence-electron chi connectivity index (χ2n) is 4.27. The molecule has 0 aromatic carbocycles. The second kappa shape index (κ2) is 5.87. The lowest BCUT2D eigenvalue weighted by atomic mass is 9.91. The number of aliphatic hydroxyl groups is 1. The van der Waals surface area contributed by atoms with Gasteiger partial charge in [0, 0.05) is 12.6 Å². The minimum Gasteiger partial charge on any atom is -0.395 e. The highest BCUT2D eigenvalue weighted by Gasteiger charge is 2.30. The number of nitrogens with zero attached hydrogens (tertiary/aromatic N) is 2. The summed E-state index contributed by atoms with van der Waals surface area (Å²) in [6.07, 6.45) is 3.03. The van der Waals surface area contributed by atoms with Crippen molar-refractivity contribution < 1.29 is 9.90 Å². The normalized spacial score (nSPS) is 15.3. The van der Waals surface area contributed by atoms with E-state index in [4.69, 9.17) is 28.3 Å². The van der Waals surface area contributed by atoms with Gasteiger partial charge < -0.3 is 10.0 Å². The SMILES string of the molecule is O=C(c1nc(Cl)ccc1Cl)N(CCO)C1CCC1. The van der Waals surface area contributed by atoms with Gasteiger partial charge in [-0.2, -0.15) is 0 Å². The van der Waals surface area contributed by atoms with Crippen LogP contribution in [-0.4, -0.2) is 40.1 Å². The molecule has 6 heteroatoms. The molecule has 0 atom stereocenters. The van der Waals surface area contributed by atoms with E-state index < -0.39 is 0 Å². The number of aromatic nitrogens is 1. The van der Waals surface area contributed by atoms with Crippen LogP contribution < -0.4 is 0 Å². The van der Waals surface area contributed by atoms with Crippen LogP contribution in [-0.2, 0) is 0 Å². The van der Waals surface area contributed by atoms with Gasteiger partial charge in [0.2, 0.25) is 0 Å². The summed E-state index contributed by atoms with van der Waals surface area (Å²) in [4.78, 5) is 18.0. The Morgan fingerprint density at radius 3 is 2.72 bits per heavy atom. The Morgan fingerprint density at radius 2 is 2.17 bits per heavy atom. The van der Waals surface area contributed by atoms with Crippen molar-refractivity contribution in [2.75, 3.05) is 13.2 Å². The summed E-state index contributed by atoms with van der Waals surface area (Å²) in [7, 11) is 0. The van der Waals surface area contributed by atoms with E-state index in [0.717, 1.165) is 19.3 Å². The fraction of sp³-hybridized carbons (Fsp3) is 0.500. The third-order valence-electron chi connectivity index (χ3n) is 3.13. The van der Waals surface area contributed by atoms with E-state index in [2.05, 4.69) is 4.98 Å². The van der Waals surface area contributed by atoms with Gasteiger partial charge in [-0.15, -0.1) is 0 Å². The van der Waals surface area contributed by atoms with Crippen LogP contribution in [0, 0.1) is 0 Å². The highest BCUT2D eigenvalue weighted by molar-refractivity contribution is 6.34. The van der Waals surface area contributed by atoms with Crippen LogP contribution in [0.2, 0.25) is 10.2 Å². The summed E-state index contributed by atoms with van der Waals surface area (Å²) in [5, 5.41) is 9.57. The van der Waals surface area contributed by atoms with Gasteiger partial charge >= 0.3 is 0 Å². The number of halogens is 2. The van der Waals surface area contributed by atoms with Gasteiger partial charge in [0.05, 0.1) is 11.6 Å². The van der Waals surface area contributed by atoms with E-state index >= 15 is 0 Å². The maximum absolute atomic E-state index is 12.4. The molecule has 0 spiro atoms. The molecule has 0 bridgehead atoms. The Kier molecular flexibility index (Phi) is 4.43. The largest absolute Gasteiger partial charge is 0.395 e. The predicted molar refractivity (Wildman–Crippen MR) is 70.0 cm³/mol. The molecule has 1 fully saturated rings. The molecule has 0 radical (unpaired) electrons. The molecule has 0 aliphatic heterocycles. The smallest absolute Gasteiger partial charge is 0.274 e. The molecule has 1 aliphatic carbocycles. The Morgan fingerprint density at radius 1 is 1.44 bits per heavy atom. The number of rotatable bonds is 4. The Hall–Kier alpha value is -0.840. The average Bonchev–Trinajstić information content (AvgIpc) is 2.28. The van der Waals surface area contributed by atoms with E-state index in [9.17, 15) is 4.79 Å². The van der Waals surface area contributed by atoms with Crippen LogP contribution in [0.4, 0.5) is 0 Å². The summed E-state index contributed by atoms with van der Waals surface area (Å²) < 4.78 is 0. The zero-order valence-corrected chi connectivity index (χ0v) is 11.3. The summed E-state index contributed by atoms with van der Waals surface area (Å²) in [5.41, 5.74) is 0.157. The molecular formula is C12H14Cl2N2O2. The van der Waals surface area contributed by atoms with Crippen LogP contribution in [0.3, 0.4) is 0 Å². The van der Waals surface area contributed by atoms with Gasteiger partial charge in [-0.05, 0) is 31.4 Å². The second-order valence-corrected chi connectivity index (χ2v) is 5.07. The highest BCUT2D eigenvalue weighted by Crippen LogP contribution is 2.27. The fourth-order valence-electron chi connectivity index (χ4n) is 1.96. The van der Waals surface area contributed by atoms with Crippen molar-refractivity contribution in [1.82, 2.24) is 9.88 Å². The third kappa shape index (κ3) is 2.76. The summed E-state index contributed by atoms with van der Waals surface area (Å²) >= 11 is 11.8. The van der Waals surface area contributed by atoms with E-state index in [1.807, 2.05) is 0 Å². The van der Waals surface area contributed by atoms with Crippen molar-refractivity contribution in [3.8, 4) is 0 Å². The first-order valence-electron chi connectivity index (χ1n) is 5.87. The topological polar surface area (TPSA) is 53.4 Å². The number of aliphatic hydroxyl groups excluding tert-OH is 1. The molecule has 1 saturated carbocycles. The maximum Gasteiger partial charge on any atom is 0.274 e. The number of hydrogen-bond acceptors (Lipinski definition) is 3. The third-order valence-corrected chi connectivity index (χ3v) is 3.65. The monoisotopic (exact) mass is 288 g/mol. The van der Waals surface area contributed by atoms with E-state index in [1.54, 1.807) is 17.0 Å². The number of hydrogen-bond donors (Lipinski definition) is 1. The van der Waals surface area contributed by atoms with Gasteiger partial charge in [0.15, 0.2) is 0 Å². The molecular weight excluding hydrogens is 275 g/mol. The Balaban J connectivity index is 2.23. The molecule has 1 amide bonds. The van der Waals surface area contributed by atoms with Crippen LogP contribution in [0.1, 0.15) is 29.8 Å². The minimum atomic E-state index is -0.263. The lowest BCUT2D eigenvalue weighted by Crippen LogP contribution is -2.46. The zero-order valence-electron chi connectivity index (χ0n) is 9.77. The number of pyridine rings is 1. The van der Waals surface area contributed by atoms with E-state index in [-0.39, 0.29) is 34.4 Å². The van der Waals surface area contributed by atoms with Crippen LogP contribution in [0.5, 0.6) is 0 Å². The lowest BCUT2D eigenvalue weighted by Gasteiger charge is -2.37. The molecule has 1 aromatic heterocycles. The molecule has 18 heavy (non-hydrogen) atoms. The summed E-state index contributed by atoms with van der Waals surface area (Å²) in [6.45, 7) is 0.231. The molecule has 2 rings (SSSR count). The highest BCUT2D eigenvalue weighted by atomic mass is 35.5. The van der Waals surface area contributed by atoms with Gasteiger partial charge in [0.25, 0.3) is 5.91 Å². The van der Waals surface area contributed by atoms with Gasteiger partial charge in [-0.1, -0.05) is 23.2 Å². The quantitative estimate of drug-likeness (QED) is 0.866. The first-order valence-corrected chi connectivity index (χ1v) is 6.63. The zero-order chi connectivity index (χ0) is 13.1. The molecule has 4 nitrogen and oxygen atoms in total.